The van der Waals surface area contributed by atoms with Crippen LogP contribution in [0.5, 0.6) is 0 Å². The summed E-state index contributed by atoms with van der Waals surface area (Å²) < 4.78 is 27.8. The Balaban J connectivity index is 1.39. The van der Waals surface area contributed by atoms with E-state index in [4.69, 9.17) is 23.2 Å². The fraction of sp³-hybridized carbons (Fsp3) is 0.478. The molecule has 2 aromatic rings. The average Bonchev–Trinajstić information content (AvgIpc) is 3.16. The molecule has 3 nitrogen and oxygen atoms in total. The van der Waals surface area contributed by atoms with Crippen molar-refractivity contribution in [2.75, 3.05) is 6.54 Å². The zero-order valence-electron chi connectivity index (χ0n) is 16.5. The average molecular weight is 452 g/mol. The van der Waals surface area contributed by atoms with Gasteiger partial charge in [-0.05, 0) is 72.3 Å². The summed E-state index contributed by atoms with van der Waals surface area (Å²) in [4.78, 5) is 0. The third-order valence-electron chi connectivity index (χ3n) is 6.66. The molecule has 1 fully saturated rings. The van der Waals surface area contributed by atoms with Crippen molar-refractivity contribution in [2.45, 2.75) is 62.0 Å². The first-order chi connectivity index (χ1) is 13.9. The van der Waals surface area contributed by atoms with Crippen molar-refractivity contribution in [2.24, 2.45) is 0 Å². The molecule has 29 heavy (non-hydrogen) atoms. The van der Waals surface area contributed by atoms with Crippen LogP contribution in [0.15, 0.2) is 42.5 Å². The van der Waals surface area contributed by atoms with Crippen LogP contribution in [0.25, 0.3) is 0 Å². The maximum absolute atomic E-state index is 12.5. The molecule has 4 rings (SSSR count). The van der Waals surface area contributed by atoms with Crippen LogP contribution in [0.4, 0.5) is 0 Å². The van der Waals surface area contributed by atoms with E-state index in [0.29, 0.717) is 33.5 Å². The maximum atomic E-state index is 12.5. The second-order valence-electron chi connectivity index (χ2n) is 8.50. The molecule has 0 heterocycles. The van der Waals surface area contributed by atoms with Crippen LogP contribution in [0.3, 0.4) is 0 Å². The van der Waals surface area contributed by atoms with Crippen molar-refractivity contribution >= 4 is 33.2 Å². The van der Waals surface area contributed by atoms with Crippen molar-refractivity contribution in [3.05, 3.63) is 69.2 Å². The van der Waals surface area contributed by atoms with Gasteiger partial charge in [0.25, 0.3) is 0 Å². The maximum Gasteiger partial charge on any atom is 0.215 e. The minimum Gasteiger partial charge on any atom is -0.215 e. The summed E-state index contributed by atoms with van der Waals surface area (Å²) in [5.74, 6) is 0.332. The number of fused-ring (bicyclic) bond motifs is 2. The van der Waals surface area contributed by atoms with Crippen LogP contribution >= 0.6 is 23.2 Å². The van der Waals surface area contributed by atoms with Crippen LogP contribution in [0.1, 0.15) is 67.6 Å². The number of halogens is 2. The third kappa shape index (κ3) is 4.66. The number of nitrogens with one attached hydrogen (secondary N) is 1. The number of benzene rings is 2. The second-order valence-corrected chi connectivity index (χ2v) is 11.1. The molecule has 0 saturated heterocycles. The van der Waals surface area contributed by atoms with E-state index in [1.54, 1.807) is 18.2 Å². The van der Waals surface area contributed by atoms with Gasteiger partial charge in [-0.2, -0.15) is 0 Å². The lowest BCUT2D eigenvalue weighted by Crippen LogP contribution is -2.32. The number of hydrogen-bond donors (Lipinski definition) is 1. The molecule has 2 aromatic carbocycles. The molecule has 6 heteroatoms. The predicted octanol–water partition coefficient (Wildman–Crippen LogP) is 6.19. The van der Waals surface area contributed by atoms with Crippen LogP contribution in [-0.4, -0.2) is 15.0 Å². The van der Waals surface area contributed by atoms with Gasteiger partial charge >= 0.3 is 0 Å². The quantitative estimate of drug-likeness (QED) is 0.568. The minimum atomic E-state index is -3.42. The number of rotatable bonds is 6. The van der Waals surface area contributed by atoms with Gasteiger partial charge in [0.05, 0.1) is 15.8 Å². The summed E-state index contributed by atoms with van der Waals surface area (Å²) in [6.07, 6.45) is 8.45. The normalized spacial score (nSPS) is 20.7. The first kappa shape index (κ1) is 21.2. The molecule has 1 atom stereocenters. The molecular formula is C23H27Cl2NO2S. The third-order valence-corrected chi connectivity index (χ3v) is 8.76. The fourth-order valence-corrected chi connectivity index (χ4v) is 6.71. The van der Waals surface area contributed by atoms with Gasteiger partial charge < -0.3 is 0 Å². The Morgan fingerprint density at radius 2 is 1.76 bits per heavy atom. The lowest BCUT2D eigenvalue weighted by Gasteiger charge is -2.40. The smallest absolute Gasteiger partial charge is 0.215 e. The van der Waals surface area contributed by atoms with Crippen molar-refractivity contribution in [1.29, 1.82) is 0 Å². The molecule has 0 bridgehead atoms. The van der Waals surface area contributed by atoms with E-state index in [1.165, 1.54) is 43.2 Å². The summed E-state index contributed by atoms with van der Waals surface area (Å²) in [7, 11) is -3.42. The minimum absolute atomic E-state index is 0.0890. The fourth-order valence-electron chi connectivity index (χ4n) is 5.24. The van der Waals surface area contributed by atoms with E-state index in [0.717, 1.165) is 12.8 Å². The van der Waals surface area contributed by atoms with Gasteiger partial charge in [-0.25, -0.2) is 13.1 Å². The van der Waals surface area contributed by atoms with Gasteiger partial charge in [-0.3, -0.25) is 0 Å². The molecule has 1 spiro atoms. The largest absolute Gasteiger partial charge is 0.215 e. The van der Waals surface area contributed by atoms with Gasteiger partial charge in [-0.15, -0.1) is 0 Å². The Bertz CT molecular complexity index is 984. The molecule has 2 aliphatic carbocycles. The SMILES string of the molecule is O=S(=O)(Cc1ccc(Cl)c(Cl)c1)NCCC1CCC2(CCCC2)c2ccccc21. The second kappa shape index (κ2) is 8.58. The highest BCUT2D eigenvalue weighted by molar-refractivity contribution is 7.88. The predicted molar refractivity (Wildman–Crippen MR) is 120 cm³/mol. The van der Waals surface area contributed by atoms with Crippen molar-refractivity contribution < 1.29 is 8.42 Å². The molecule has 2 aliphatic rings. The van der Waals surface area contributed by atoms with E-state index in [1.807, 2.05) is 0 Å². The van der Waals surface area contributed by atoms with E-state index >= 15 is 0 Å². The first-order valence-electron chi connectivity index (χ1n) is 10.4. The van der Waals surface area contributed by atoms with Gasteiger partial charge in [0.2, 0.25) is 10.0 Å². The Morgan fingerprint density at radius 3 is 2.52 bits per heavy atom. The summed E-state index contributed by atoms with van der Waals surface area (Å²) >= 11 is 11.9. The van der Waals surface area contributed by atoms with Crippen LogP contribution in [-0.2, 0) is 21.2 Å². The standard InChI is InChI=1S/C23H27Cl2NO2S/c24-21-8-7-17(15-22(21)25)16-29(27,28)26-14-10-18-9-13-23(11-3-4-12-23)20-6-2-1-5-19(18)20/h1-2,5-8,15,18,26H,3-4,9-14,16H2. The Labute approximate surface area is 183 Å². The molecule has 1 N–H and O–H groups in total. The van der Waals surface area contributed by atoms with E-state index in [9.17, 15) is 8.42 Å². The first-order valence-corrected chi connectivity index (χ1v) is 12.8. The van der Waals surface area contributed by atoms with E-state index in [-0.39, 0.29) is 5.75 Å². The van der Waals surface area contributed by atoms with E-state index in [2.05, 4.69) is 29.0 Å². The zero-order valence-corrected chi connectivity index (χ0v) is 18.8. The summed E-state index contributed by atoms with van der Waals surface area (Å²) in [5, 5.41) is 0.802. The molecule has 0 amide bonds. The van der Waals surface area contributed by atoms with Crippen molar-refractivity contribution in [3.8, 4) is 0 Å². The Hall–Kier alpha value is -1.07. The van der Waals surface area contributed by atoms with Crippen molar-refractivity contribution in [1.82, 2.24) is 4.72 Å². The molecule has 156 valence electrons. The molecule has 0 radical (unpaired) electrons. The Kier molecular flexibility index (Phi) is 6.27. The van der Waals surface area contributed by atoms with Gasteiger partial charge in [0, 0.05) is 6.54 Å². The van der Waals surface area contributed by atoms with Gasteiger partial charge in [0.15, 0.2) is 0 Å². The van der Waals surface area contributed by atoms with Gasteiger partial charge in [-0.1, -0.05) is 66.4 Å². The number of sulfonamides is 1. The monoisotopic (exact) mass is 451 g/mol. The molecular weight excluding hydrogens is 425 g/mol. The number of hydrogen-bond acceptors (Lipinski definition) is 2. The molecule has 0 aromatic heterocycles. The highest BCUT2D eigenvalue weighted by atomic mass is 35.5. The lowest BCUT2D eigenvalue weighted by atomic mass is 9.65. The zero-order chi connectivity index (χ0) is 20.5. The van der Waals surface area contributed by atoms with Crippen LogP contribution in [0.2, 0.25) is 10.0 Å². The molecule has 1 unspecified atom stereocenters. The summed E-state index contributed by atoms with van der Waals surface area (Å²) in [6.45, 7) is 0.454. The van der Waals surface area contributed by atoms with Gasteiger partial charge in [0.1, 0.15) is 0 Å². The topological polar surface area (TPSA) is 46.2 Å². The lowest BCUT2D eigenvalue weighted by molar-refractivity contribution is 0.335. The Morgan fingerprint density at radius 1 is 1.00 bits per heavy atom. The summed E-state index contributed by atoms with van der Waals surface area (Å²) in [5.41, 5.74) is 3.97. The van der Waals surface area contributed by atoms with Crippen molar-refractivity contribution in [3.63, 3.8) is 0 Å². The van der Waals surface area contributed by atoms with Crippen LogP contribution < -0.4 is 4.72 Å². The summed E-state index contributed by atoms with van der Waals surface area (Å²) in [6, 6.07) is 13.8. The molecule has 1 saturated carbocycles. The highest BCUT2D eigenvalue weighted by Gasteiger charge is 2.41. The van der Waals surface area contributed by atoms with Crippen LogP contribution in [0, 0.1) is 0 Å². The highest BCUT2D eigenvalue weighted by Crippen LogP contribution is 2.52. The molecule has 0 aliphatic heterocycles. The van der Waals surface area contributed by atoms with E-state index < -0.39 is 10.0 Å².